The summed E-state index contributed by atoms with van der Waals surface area (Å²) in [6.07, 6.45) is 1.48. The summed E-state index contributed by atoms with van der Waals surface area (Å²) in [5.41, 5.74) is 1.20. The van der Waals surface area contributed by atoms with Crippen molar-refractivity contribution in [3.63, 3.8) is 0 Å². The molecule has 0 bridgehead atoms. The molecule has 0 saturated heterocycles. The second kappa shape index (κ2) is 7.72. The molecule has 0 fully saturated rings. The van der Waals surface area contributed by atoms with Crippen LogP contribution < -0.4 is 10.1 Å². The number of amides is 1. The monoisotopic (exact) mass is 316 g/mol. The third kappa shape index (κ3) is 5.06. The van der Waals surface area contributed by atoms with Crippen LogP contribution in [0.4, 0.5) is 4.39 Å². The van der Waals surface area contributed by atoms with Gasteiger partial charge < -0.3 is 10.1 Å². The van der Waals surface area contributed by atoms with Gasteiger partial charge in [-0.15, -0.1) is 0 Å². The Labute approximate surface area is 135 Å². The van der Waals surface area contributed by atoms with E-state index in [0.29, 0.717) is 17.4 Å². The van der Waals surface area contributed by atoms with Gasteiger partial charge in [0.15, 0.2) is 0 Å². The summed E-state index contributed by atoms with van der Waals surface area (Å²) < 4.78 is 18.6. The number of aromatic nitrogens is 1. The van der Waals surface area contributed by atoms with Crippen molar-refractivity contribution in [1.29, 1.82) is 0 Å². The molecule has 1 aromatic carbocycles. The van der Waals surface area contributed by atoms with Gasteiger partial charge >= 0.3 is 0 Å². The topological polar surface area (TPSA) is 51.2 Å². The molecule has 2 aromatic rings. The number of carbonyl (C=O) groups excluding carboxylic acids is 1. The van der Waals surface area contributed by atoms with E-state index in [1.807, 2.05) is 20.8 Å². The third-order valence-electron chi connectivity index (χ3n) is 3.63. The lowest BCUT2D eigenvalue weighted by atomic mass is 10.1. The van der Waals surface area contributed by atoms with Crippen molar-refractivity contribution in [2.45, 2.75) is 33.4 Å². The minimum Gasteiger partial charge on any atom is -0.473 e. The second-order valence-electron chi connectivity index (χ2n) is 5.81. The van der Waals surface area contributed by atoms with Crippen LogP contribution in [0.15, 0.2) is 42.6 Å². The van der Waals surface area contributed by atoms with Crippen LogP contribution in [-0.4, -0.2) is 16.9 Å². The predicted octanol–water partition coefficient (Wildman–Crippen LogP) is 3.57. The Morgan fingerprint density at radius 1 is 1.26 bits per heavy atom. The van der Waals surface area contributed by atoms with Gasteiger partial charge in [0.2, 0.25) is 5.88 Å². The first-order valence-corrected chi connectivity index (χ1v) is 7.60. The van der Waals surface area contributed by atoms with Gasteiger partial charge in [-0.2, -0.15) is 0 Å². The normalized spacial score (nSPS) is 12.0. The van der Waals surface area contributed by atoms with Crippen LogP contribution in [0.25, 0.3) is 0 Å². The molecule has 1 aromatic heterocycles. The SMILES string of the molecule is CC(C)C(C)NC(=O)c1ccc(OCc2cccc(F)c2)nc1. The van der Waals surface area contributed by atoms with Gasteiger partial charge in [-0.3, -0.25) is 4.79 Å². The van der Waals surface area contributed by atoms with E-state index in [2.05, 4.69) is 10.3 Å². The van der Waals surface area contributed by atoms with Gasteiger partial charge in [-0.1, -0.05) is 26.0 Å². The zero-order valence-corrected chi connectivity index (χ0v) is 13.5. The molecule has 0 aliphatic heterocycles. The number of carbonyl (C=O) groups is 1. The van der Waals surface area contributed by atoms with Crippen molar-refractivity contribution in [3.8, 4) is 5.88 Å². The van der Waals surface area contributed by atoms with E-state index in [1.165, 1.54) is 18.3 Å². The first kappa shape index (κ1) is 16.9. The molecule has 5 heteroatoms. The lowest BCUT2D eigenvalue weighted by molar-refractivity contribution is 0.0930. The number of ether oxygens (including phenoxy) is 1. The highest BCUT2D eigenvalue weighted by Crippen LogP contribution is 2.12. The van der Waals surface area contributed by atoms with Crippen LogP contribution in [0.2, 0.25) is 0 Å². The Bertz CT molecular complexity index is 656. The van der Waals surface area contributed by atoms with Gasteiger partial charge in [0.1, 0.15) is 12.4 Å². The molecule has 0 saturated carbocycles. The van der Waals surface area contributed by atoms with E-state index in [9.17, 15) is 9.18 Å². The molecule has 23 heavy (non-hydrogen) atoms. The third-order valence-corrected chi connectivity index (χ3v) is 3.63. The van der Waals surface area contributed by atoms with Crippen LogP contribution in [0.3, 0.4) is 0 Å². The quantitative estimate of drug-likeness (QED) is 0.886. The predicted molar refractivity (Wildman–Crippen MR) is 86.7 cm³/mol. The first-order chi connectivity index (χ1) is 11.0. The van der Waals surface area contributed by atoms with E-state index < -0.39 is 0 Å². The van der Waals surface area contributed by atoms with E-state index in [0.717, 1.165) is 5.56 Å². The van der Waals surface area contributed by atoms with Crippen LogP contribution in [0, 0.1) is 11.7 Å². The number of nitrogens with zero attached hydrogens (tertiary/aromatic N) is 1. The number of hydrogen-bond acceptors (Lipinski definition) is 3. The zero-order valence-electron chi connectivity index (χ0n) is 13.5. The summed E-state index contributed by atoms with van der Waals surface area (Å²) in [5, 5.41) is 2.92. The molecule has 122 valence electrons. The number of benzene rings is 1. The molecule has 0 spiro atoms. The average molecular weight is 316 g/mol. The molecule has 1 unspecified atom stereocenters. The lowest BCUT2D eigenvalue weighted by Crippen LogP contribution is -2.36. The summed E-state index contributed by atoms with van der Waals surface area (Å²) in [7, 11) is 0. The highest BCUT2D eigenvalue weighted by molar-refractivity contribution is 5.94. The summed E-state index contributed by atoms with van der Waals surface area (Å²) >= 11 is 0. The fourth-order valence-corrected chi connectivity index (χ4v) is 1.84. The molecular weight excluding hydrogens is 295 g/mol. The molecule has 1 heterocycles. The number of hydrogen-bond donors (Lipinski definition) is 1. The highest BCUT2D eigenvalue weighted by Gasteiger charge is 2.12. The largest absolute Gasteiger partial charge is 0.473 e. The number of halogens is 1. The van der Waals surface area contributed by atoms with Crippen LogP contribution >= 0.6 is 0 Å². The van der Waals surface area contributed by atoms with Crippen molar-refractivity contribution in [2.75, 3.05) is 0 Å². The maximum absolute atomic E-state index is 13.1. The van der Waals surface area contributed by atoms with Crippen molar-refractivity contribution in [1.82, 2.24) is 10.3 Å². The molecule has 2 rings (SSSR count). The van der Waals surface area contributed by atoms with E-state index in [-0.39, 0.29) is 24.4 Å². The molecular formula is C18H21FN2O2. The number of rotatable bonds is 6. The van der Waals surface area contributed by atoms with Crippen LogP contribution in [-0.2, 0) is 6.61 Å². The summed E-state index contributed by atoms with van der Waals surface area (Å²) in [4.78, 5) is 16.2. The first-order valence-electron chi connectivity index (χ1n) is 7.60. The van der Waals surface area contributed by atoms with Crippen molar-refractivity contribution in [2.24, 2.45) is 5.92 Å². The van der Waals surface area contributed by atoms with Crippen LogP contribution in [0.1, 0.15) is 36.7 Å². The Morgan fingerprint density at radius 2 is 2.04 bits per heavy atom. The molecule has 4 nitrogen and oxygen atoms in total. The summed E-state index contributed by atoms with van der Waals surface area (Å²) in [6.45, 7) is 6.28. The van der Waals surface area contributed by atoms with Crippen molar-refractivity contribution < 1.29 is 13.9 Å². The Balaban J connectivity index is 1.93. The number of nitrogens with one attached hydrogen (secondary N) is 1. The van der Waals surface area contributed by atoms with Crippen molar-refractivity contribution >= 4 is 5.91 Å². The van der Waals surface area contributed by atoms with Crippen LogP contribution in [0.5, 0.6) is 5.88 Å². The average Bonchev–Trinajstić information content (AvgIpc) is 2.53. The Morgan fingerprint density at radius 3 is 2.65 bits per heavy atom. The summed E-state index contributed by atoms with van der Waals surface area (Å²) in [5.74, 6) is 0.296. The summed E-state index contributed by atoms with van der Waals surface area (Å²) in [6, 6.07) is 9.59. The Kier molecular flexibility index (Phi) is 5.68. The molecule has 1 atom stereocenters. The van der Waals surface area contributed by atoms with E-state index in [4.69, 9.17) is 4.74 Å². The molecule has 0 radical (unpaired) electrons. The van der Waals surface area contributed by atoms with Crippen molar-refractivity contribution in [3.05, 3.63) is 59.5 Å². The minimum absolute atomic E-state index is 0.0893. The Hall–Kier alpha value is -2.43. The van der Waals surface area contributed by atoms with Gasteiger partial charge in [0, 0.05) is 18.3 Å². The van der Waals surface area contributed by atoms with E-state index >= 15 is 0 Å². The molecule has 0 aliphatic rings. The van der Waals surface area contributed by atoms with Gasteiger partial charge in [-0.05, 0) is 36.6 Å². The van der Waals surface area contributed by atoms with E-state index in [1.54, 1.807) is 24.3 Å². The fraction of sp³-hybridized carbons (Fsp3) is 0.333. The zero-order chi connectivity index (χ0) is 16.8. The van der Waals surface area contributed by atoms with Gasteiger partial charge in [0.05, 0.1) is 5.56 Å². The molecule has 1 N–H and O–H groups in total. The lowest BCUT2D eigenvalue weighted by Gasteiger charge is -2.17. The maximum Gasteiger partial charge on any atom is 0.253 e. The highest BCUT2D eigenvalue weighted by atomic mass is 19.1. The van der Waals surface area contributed by atoms with Gasteiger partial charge in [0.25, 0.3) is 5.91 Å². The second-order valence-corrected chi connectivity index (χ2v) is 5.81. The smallest absolute Gasteiger partial charge is 0.253 e. The van der Waals surface area contributed by atoms with Gasteiger partial charge in [-0.25, -0.2) is 9.37 Å². The maximum atomic E-state index is 13.1. The molecule has 0 aliphatic carbocycles. The number of pyridine rings is 1. The fourth-order valence-electron chi connectivity index (χ4n) is 1.84. The molecule has 1 amide bonds. The minimum atomic E-state index is -0.301. The standard InChI is InChI=1S/C18H21FN2O2/c1-12(2)13(3)21-18(22)15-7-8-17(20-10-15)23-11-14-5-4-6-16(19)9-14/h4-10,12-13H,11H2,1-3H3,(H,21,22).